The van der Waals surface area contributed by atoms with E-state index in [0.29, 0.717) is 5.28 Å². The minimum absolute atomic E-state index is 0.307. The van der Waals surface area contributed by atoms with Crippen LogP contribution in [0.15, 0.2) is 18.3 Å². The van der Waals surface area contributed by atoms with Crippen LogP contribution in [-0.4, -0.2) is 9.97 Å². The van der Waals surface area contributed by atoms with E-state index in [4.69, 9.17) is 11.6 Å². The summed E-state index contributed by atoms with van der Waals surface area (Å²) >= 11 is 5.72. The molecule has 0 unspecified atom stereocenters. The largest absolute Gasteiger partial charge is 0.226 e. The molecule has 0 aliphatic carbocycles. The van der Waals surface area contributed by atoms with Crippen molar-refractivity contribution in [2.75, 3.05) is 0 Å². The normalized spacial score (nSPS) is 10.7. The number of benzene rings is 1. The van der Waals surface area contributed by atoms with Crippen LogP contribution in [0.25, 0.3) is 10.9 Å². The number of halogens is 1. The second-order valence-electron chi connectivity index (χ2n) is 3.08. The summed E-state index contributed by atoms with van der Waals surface area (Å²) in [5.41, 5.74) is 3.34. The minimum atomic E-state index is 0.307. The first kappa shape index (κ1) is 8.45. The molecule has 0 N–H and O–H groups in total. The average molecular weight is 193 g/mol. The van der Waals surface area contributed by atoms with Crippen molar-refractivity contribution in [2.24, 2.45) is 0 Å². The van der Waals surface area contributed by atoms with Gasteiger partial charge in [-0.15, -0.1) is 0 Å². The predicted octanol–water partition coefficient (Wildman–Crippen LogP) is 2.90. The number of hydrogen-bond donors (Lipinski definition) is 0. The van der Waals surface area contributed by atoms with Gasteiger partial charge in [0, 0.05) is 11.6 Å². The van der Waals surface area contributed by atoms with E-state index in [0.717, 1.165) is 10.9 Å². The van der Waals surface area contributed by atoms with Crippen LogP contribution in [0.5, 0.6) is 0 Å². The van der Waals surface area contributed by atoms with Gasteiger partial charge in [-0.2, -0.15) is 0 Å². The van der Waals surface area contributed by atoms with Gasteiger partial charge in [0.1, 0.15) is 0 Å². The first-order valence-corrected chi connectivity index (χ1v) is 4.45. The molecule has 0 spiro atoms. The Hall–Kier alpha value is -1.15. The van der Waals surface area contributed by atoms with Crippen LogP contribution in [0.3, 0.4) is 0 Å². The van der Waals surface area contributed by atoms with Crippen molar-refractivity contribution >= 4 is 22.5 Å². The number of fused-ring (bicyclic) bond motifs is 1. The Morgan fingerprint density at radius 2 is 2.00 bits per heavy atom. The molecule has 1 aromatic heterocycles. The van der Waals surface area contributed by atoms with E-state index in [-0.39, 0.29) is 0 Å². The highest BCUT2D eigenvalue weighted by molar-refractivity contribution is 6.28. The Morgan fingerprint density at radius 1 is 1.23 bits per heavy atom. The molecule has 1 aromatic carbocycles. The number of nitrogens with zero attached hydrogens (tertiary/aromatic N) is 2. The Morgan fingerprint density at radius 3 is 2.77 bits per heavy atom. The molecule has 0 amide bonds. The van der Waals surface area contributed by atoms with Crippen LogP contribution >= 0.6 is 11.6 Å². The van der Waals surface area contributed by atoms with Gasteiger partial charge >= 0.3 is 0 Å². The zero-order valence-electron chi connectivity index (χ0n) is 7.50. The van der Waals surface area contributed by atoms with E-state index >= 15 is 0 Å². The summed E-state index contributed by atoms with van der Waals surface area (Å²) in [5, 5.41) is 1.34. The van der Waals surface area contributed by atoms with E-state index in [2.05, 4.69) is 23.0 Å². The van der Waals surface area contributed by atoms with Crippen molar-refractivity contribution in [1.29, 1.82) is 0 Å². The molecule has 0 aliphatic heterocycles. The van der Waals surface area contributed by atoms with Gasteiger partial charge in [-0.25, -0.2) is 9.97 Å². The third-order valence-electron chi connectivity index (χ3n) is 2.25. The Bertz CT molecular complexity index is 460. The van der Waals surface area contributed by atoms with Gasteiger partial charge in [-0.1, -0.05) is 12.1 Å². The molecule has 66 valence electrons. The number of hydrogen-bond acceptors (Lipinski definition) is 2. The molecule has 0 saturated heterocycles. The van der Waals surface area contributed by atoms with Crippen LogP contribution in [0.2, 0.25) is 5.28 Å². The number of aryl methyl sites for hydroxylation is 2. The molecule has 0 atom stereocenters. The maximum atomic E-state index is 5.72. The van der Waals surface area contributed by atoms with Crippen LogP contribution in [0.1, 0.15) is 11.1 Å². The smallest absolute Gasteiger partial charge is 0.222 e. The first-order valence-electron chi connectivity index (χ1n) is 4.07. The maximum absolute atomic E-state index is 5.72. The standard InChI is InChI=1S/C10H9ClN2/c1-6-3-4-8-5-12-10(11)13-9(8)7(6)2/h3-5H,1-2H3. The Labute approximate surface area is 81.6 Å². The lowest BCUT2D eigenvalue weighted by molar-refractivity contribution is 1.20. The van der Waals surface area contributed by atoms with E-state index < -0.39 is 0 Å². The zero-order valence-corrected chi connectivity index (χ0v) is 8.26. The molecule has 0 radical (unpaired) electrons. The lowest BCUT2D eigenvalue weighted by atomic mass is 10.1. The van der Waals surface area contributed by atoms with E-state index in [9.17, 15) is 0 Å². The molecule has 2 nitrogen and oxygen atoms in total. The summed E-state index contributed by atoms with van der Waals surface area (Å²) < 4.78 is 0. The zero-order chi connectivity index (χ0) is 9.42. The van der Waals surface area contributed by atoms with Gasteiger partial charge in [0.2, 0.25) is 5.28 Å². The third kappa shape index (κ3) is 1.38. The van der Waals surface area contributed by atoms with E-state index in [1.54, 1.807) is 6.20 Å². The predicted molar refractivity (Wildman–Crippen MR) is 54.0 cm³/mol. The highest BCUT2D eigenvalue weighted by Crippen LogP contribution is 2.19. The summed E-state index contributed by atoms with van der Waals surface area (Å²) in [6, 6.07) is 4.07. The highest BCUT2D eigenvalue weighted by Gasteiger charge is 2.02. The van der Waals surface area contributed by atoms with Crippen molar-refractivity contribution in [3.63, 3.8) is 0 Å². The summed E-state index contributed by atoms with van der Waals surface area (Å²) in [6.45, 7) is 4.10. The average Bonchev–Trinajstić information content (AvgIpc) is 2.12. The summed E-state index contributed by atoms with van der Waals surface area (Å²) in [6.07, 6.45) is 1.75. The summed E-state index contributed by atoms with van der Waals surface area (Å²) in [7, 11) is 0. The molecule has 2 aromatic rings. The molecule has 1 heterocycles. The van der Waals surface area contributed by atoms with Crippen molar-refractivity contribution in [3.05, 3.63) is 34.7 Å². The Kier molecular flexibility index (Phi) is 1.93. The Balaban J connectivity index is 2.89. The van der Waals surface area contributed by atoms with Crippen molar-refractivity contribution in [3.8, 4) is 0 Å². The van der Waals surface area contributed by atoms with E-state index in [1.165, 1.54) is 11.1 Å². The molecule has 13 heavy (non-hydrogen) atoms. The van der Waals surface area contributed by atoms with Gasteiger partial charge in [0.25, 0.3) is 0 Å². The maximum Gasteiger partial charge on any atom is 0.222 e. The number of aromatic nitrogens is 2. The highest BCUT2D eigenvalue weighted by atomic mass is 35.5. The fourth-order valence-corrected chi connectivity index (χ4v) is 1.45. The summed E-state index contributed by atoms with van der Waals surface area (Å²) in [5.74, 6) is 0. The molecular weight excluding hydrogens is 184 g/mol. The fourth-order valence-electron chi connectivity index (χ4n) is 1.32. The molecule has 0 fully saturated rings. The van der Waals surface area contributed by atoms with Gasteiger partial charge in [0.15, 0.2) is 0 Å². The van der Waals surface area contributed by atoms with Crippen molar-refractivity contribution < 1.29 is 0 Å². The SMILES string of the molecule is Cc1ccc2cnc(Cl)nc2c1C. The van der Waals surface area contributed by atoms with Crippen LogP contribution in [0.4, 0.5) is 0 Å². The van der Waals surface area contributed by atoms with Crippen LogP contribution in [-0.2, 0) is 0 Å². The quantitative estimate of drug-likeness (QED) is 0.600. The van der Waals surface area contributed by atoms with Crippen LogP contribution < -0.4 is 0 Å². The lowest BCUT2D eigenvalue weighted by Crippen LogP contribution is -1.89. The van der Waals surface area contributed by atoms with Crippen molar-refractivity contribution in [1.82, 2.24) is 9.97 Å². The second-order valence-corrected chi connectivity index (χ2v) is 3.42. The van der Waals surface area contributed by atoms with Crippen molar-refractivity contribution in [2.45, 2.75) is 13.8 Å². The van der Waals surface area contributed by atoms with E-state index in [1.807, 2.05) is 13.0 Å². The number of rotatable bonds is 0. The minimum Gasteiger partial charge on any atom is -0.226 e. The topological polar surface area (TPSA) is 25.8 Å². The molecule has 2 rings (SSSR count). The monoisotopic (exact) mass is 192 g/mol. The molecule has 0 saturated carbocycles. The third-order valence-corrected chi connectivity index (χ3v) is 2.43. The van der Waals surface area contributed by atoms with Crippen LogP contribution in [0, 0.1) is 13.8 Å². The van der Waals surface area contributed by atoms with Gasteiger partial charge in [-0.05, 0) is 36.6 Å². The molecule has 0 bridgehead atoms. The second kappa shape index (κ2) is 2.96. The molecular formula is C10H9ClN2. The van der Waals surface area contributed by atoms with Gasteiger partial charge in [0.05, 0.1) is 5.52 Å². The fraction of sp³-hybridized carbons (Fsp3) is 0.200. The van der Waals surface area contributed by atoms with Gasteiger partial charge < -0.3 is 0 Å². The first-order chi connectivity index (χ1) is 6.18. The lowest BCUT2D eigenvalue weighted by Gasteiger charge is -2.03. The molecule has 0 aliphatic rings. The molecule has 3 heteroatoms. The van der Waals surface area contributed by atoms with Gasteiger partial charge in [-0.3, -0.25) is 0 Å². The summed E-state index contributed by atoms with van der Waals surface area (Å²) in [4.78, 5) is 8.12.